The van der Waals surface area contributed by atoms with Crippen LogP contribution < -0.4 is 10.6 Å². The molecular weight excluding hydrogens is 328 g/mol. The zero-order chi connectivity index (χ0) is 17.7. The maximum atomic E-state index is 12.2. The number of carbonyl (C=O) groups excluding carboxylic acids is 1. The lowest BCUT2D eigenvalue weighted by Crippen LogP contribution is -2.25. The van der Waals surface area contributed by atoms with Crippen molar-refractivity contribution in [2.24, 2.45) is 0 Å². The standard InChI is InChI=1S/C17H23ClN4O2/c1-10(2)21-15-8-16(18)20-9-13(15)14-7-12(11(3)22-14)17(24)19-5-4-6-23/h7-10,22-23H,4-6H2,1-3H3,(H,19,24)(H,20,21). The molecule has 2 aromatic heterocycles. The van der Waals surface area contributed by atoms with Gasteiger partial charge in [0, 0.05) is 42.3 Å². The van der Waals surface area contributed by atoms with Gasteiger partial charge in [0.15, 0.2) is 0 Å². The highest BCUT2D eigenvalue weighted by Gasteiger charge is 2.16. The highest BCUT2D eigenvalue weighted by atomic mass is 35.5. The van der Waals surface area contributed by atoms with Crippen molar-refractivity contribution in [3.63, 3.8) is 0 Å². The number of halogens is 1. The molecule has 24 heavy (non-hydrogen) atoms. The molecule has 0 saturated carbocycles. The Hall–Kier alpha value is -2.05. The summed E-state index contributed by atoms with van der Waals surface area (Å²) in [6.45, 7) is 6.43. The van der Waals surface area contributed by atoms with Crippen LogP contribution in [0.5, 0.6) is 0 Å². The maximum absolute atomic E-state index is 12.2. The molecular formula is C17H23ClN4O2. The second kappa shape index (κ2) is 8.17. The first-order valence-electron chi connectivity index (χ1n) is 7.93. The van der Waals surface area contributed by atoms with Gasteiger partial charge in [-0.05, 0) is 39.3 Å². The van der Waals surface area contributed by atoms with Crippen LogP contribution in [0.3, 0.4) is 0 Å². The number of hydrogen-bond donors (Lipinski definition) is 4. The fraction of sp³-hybridized carbons (Fsp3) is 0.412. The number of carbonyl (C=O) groups is 1. The molecule has 7 heteroatoms. The molecule has 0 saturated heterocycles. The first-order chi connectivity index (χ1) is 11.4. The van der Waals surface area contributed by atoms with Crippen LogP contribution in [-0.4, -0.2) is 40.2 Å². The minimum Gasteiger partial charge on any atom is -0.396 e. The number of aliphatic hydroxyl groups excluding tert-OH is 1. The number of nitrogens with zero attached hydrogens (tertiary/aromatic N) is 1. The van der Waals surface area contributed by atoms with E-state index in [0.717, 1.165) is 22.6 Å². The van der Waals surface area contributed by atoms with Gasteiger partial charge in [0.1, 0.15) is 5.15 Å². The van der Waals surface area contributed by atoms with E-state index in [1.807, 2.05) is 20.8 Å². The van der Waals surface area contributed by atoms with Crippen LogP contribution in [-0.2, 0) is 0 Å². The summed E-state index contributed by atoms with van der Waals surface area (Å²) >= 11 is 6.00. The lowest BCUT2D eigenvalue weighted by molar-refractivity contribution is 0.0950. The molecule has 0 bridgehead atoms. The second-order valence-corrected chi connectivity index (χ2v) is 6.29. The molecule has 0 unspecified atom stereocenters. The highest BCUT2D eigenvalue weighted by Crippen LogP contribution is 2.30. The molecule has 0 atom stereocenters. The number of rotatable bonds is 7. The summed E-state index contributed by atoms with van der Waals surface area (Å²) in [4.78, 5) is 19.6. The maximum Gasteiger partial charge on any atom is 0.253 e. The van der Waals surface area contributed by atoms with Crippen molar-refractivity contribution < 1.29 is 9.90 Å². The second-order valence-electron chi connectivity index (χ2n) is 5.91. The number of aliphatic hydroxyl groups is 1. The van der Waals surface area contributed by atoms with Crippen LogP contribution in [0.25, 0.3) is 11.3 Å². The van der Waals surface area contributed by atoms with E-state index in [-0.39, 0.29) is 18.6 Å². The van der Waals surface area contributed by atoms with Crippen molar-refractivity contribution in [1.82, 2.24) is 15.3 Å². The molecule has 0 spiro atoms. The average molecular weight is 351 g/mol. The van der Waals surface area contributed by atoms with E-state index < -0.39 is 0 Å². The van der Waals surface area contributed by atoms with Gasteiger partial charge in [-0.2, -0.15) is 0 Å². The van der Waals surface area contributed by atoms with Gasteiger partial charge < -0.3 is 20.7 Å². The van der Waals surface area contributed by atoms with E-state index in [0.29, 0.717) is 23.7 Å². The van der Waals surface area contributed by atoms with Crippen LogP contribution in [0.4, 0.5) is 5.69 Å². The van der Waals surface area contributed by atoms with Crippen molar-refractivity contribution in [3.05, 3.63) is 34.7 Å². The van der Waals surface area contributed by atoms with Crippen molar-refractivity contribution in [2.45, 2.75) is 33.2 Å². The lowest BCUT2D eigenvalue weighted by atomic mass is 10.1. The first kappa shape index (κ1) is 18.3. The van der Waals surface area contributed by atoms with Gasteiger partial charge >= 0.3 is 0 Å². The van der Waals surface area contributed by atoms with Crippen molar-refractivity contribution >= 4 is 23.2 Å². The van der Waals surface area contributed by atoms with E-state index in [4.69, 9.17) is 16.7 Å². The quantitative estimate of drug-likeness (QED) is 0.456. The smallest absolute Gasteiger partial charge is 0.253 e. The van der Waals surface area contributed by atoms with E-state index in [9.17, 15) is 4.79 Å². The van der Waals surface area contributed by atoms with Gasteiger partial charge in [-0.25, -0.2) is 4.98 Å². The van der Waals surface area contributed by atoms with Gasteiger partial charge in [-0.3, -0.25) is 4.79 Å². The van der Waals surface area contributed by atoms with Crippen molar-refractivity contribution in [2.75, 3.05) is 18.5 Å². The number of aryl methyl sites for hydroxylation is 1. The topological polar surface area (TPSA) is 90.0 Å². The Morgan fingerprint density at radius 3 is 2.83 bits per heavy atom. The third-order valence-corrected chi connectivity index (χ3v) is 3.69. The molecule has 0 aromatic carbocycles. The molecule has 6 nitrogen and oxygen atoms in total. The summed E-state index contributed by atoms with van der Waals surface area (Å²) in [5.74, 6) is -0.163. The summed E-state index contributed by atoms with van der Waals surface area (Å²) in [6.07, 6.45) is 2.22. The van der Waals surface area contributed by atoms with Crippen LogP contribution in [0.2, 0.25) is 5.15 Å². The fourth-order valence-electron chi connectivity index (χ4n) is 2.39. The Bertz CT molecular complexity index is 713. The van der Waals surface area contributed by atoms with Gasteiger partial charge in [0.25, 0.3) is 5.91 Å². The van der Waals surface area contributed by atoms with Gasteiger partial charge in [-0.15, -0.1) is 0 Å². The average Bonchev–Trinajstić information content (AvgIpc) is 2.88. The summed E-state index contributed by atoms with van der Waals surface area (Å²) in [5.41, 5.74) is 3.86. The van der Waals surface area contributed by atoms with Gasteiger partial charge in [-0.1, -0.05) is 11.6 Å². The summed E-state index contributed by atoms with van der Waals surface area (Å²) in [6, 6.07) is 3.81. The Morgan fingerprint density at radius 1 is 1.42 bits per heavy atom. The molecule has 0 fully saturated rings. The zero-order valence-corrected chi connectivity index (χ0v) is 14.9. The number of H-pyrrole nitrogens is 1. The molecule has 2 aromatic rings. The lowest BCUT2D eigenvalue weighted by Gasteiger charge is -2.14. The minimum absolute atomic E-state index is 0.0539. The molecule has 0 aliphatic heterocycles. The van der Waals surface area contributed by atoms with Crippen molar-refractivity contribution in [1.29, 1.82) is 0 Å². The molecule has 0 aliphatic carbocycles. The Labute approximate surface area is 146 Å². The van der Waals surface area contributed by atoms with Gasteiger partial charge in [0.2, 0.25) is 0 Å². The van der Waals surface area contributed by atoms with E-state index in [1.165, 1.54) is 0 Å². The van der Waals surface area contributed by atoms with E-state index in [2.05, 4.69) is 20.6 Å². The largest absolute Gasteiger partial charge is 0.396 e. The SMILES string of the molecule is Cc1[nH]c(-c2cnc(Cl)cc2NC(C)C)cc1C(=O)NCCCO. The molecule has 130 valence electrons. The molecule has 2 rings (SSSR count). The zero-order valence-electron chi connectivity index (χ0n) is 14.1. The third kappa shape index (κ3) is 4.49. The summed E-state index contributed by atoms with van der Waals surface area (Å²) < 4.78 is 0. The monoisotopic (exact) mass is 350 g/mol. The molecule has 0 aliphatic rings. The number of amides is 1. The summed E-state index contributed by atoms with van der Waals surface area (Å²) in [7, 11) is 0. The number of hydrogen-bond acceptors (Lipinski definition) is 4. The van der Waals surface area contributed by atoms with Crippen LogP contribution in [0, 0.1) is 6.92 Å². The van der Waals surface area contributed by atoms with Crippen LogP contribution in [0.15, 0.2) is 18.3 Å². The van der Waals surface area contributed by atoms with Crippen molar-refractivity contribution in [3.8, 4) is 11.3 Å². The first-order valence-corrected chi connectivity index (χ1v) is 8.31. The van der Waals surface area contributed by atoms with E-state index >= 15 is 0 Å². The number of anilines is 1. The predicted molar refractivity (Wildman–Crippen MR) is 96.6 cm³/mol. The molecule has 0 radical (unpaired) electrons. The predicted octanol–water partition coefficient (Wildman–Crippen LogP) is 2.97. The molecule has 2 heterocycles. The van der Waals surface area contributed by atoms with Gasteiger partial charge in [0.05, 0.1) is 11.3 Å². The van der Waals surface area contributed by atoms with E-state index in [1.54, 1.807) is 18.3 Å². The highest BCUT2D eigenvalue weighted by molar-refractivity contribution is 6.29. The number of aromatic nitrogens is 2. The van der Waals surface area contributed by atoms with Crippen LogP contribution in [0.1, 0.15) is 36.3 Å². The molecule has 4 N–H and O–H groups in total. The molecule has 1 amide bonds. The Morgan fingerprint density at radius 2 is 2.17 bits per heavy atom. The minimum atomic E-state index is -0.163. The Kier molecular flexibility index (Phi) is 6.23. The number of nitrogens with one attached hydrogen (secondary N) is 3. The van der Waals surface area contributed by atoms with Crippen LogP contribution >= 0.6 is 11.6 Å². The Balaban J connectivity index is 2.30. The fourth-order valence-corrected chi connectivity index (χ4v) is 2.55. The summed E-state index contributed by atoms with van der Waals surface area (Å²) in [5, 5.41) is 15.3. The number of aromatic amines is 1. The number of pyridine rings is 1. The third-order valence-electron chi connectivity index (χ3n) is 3.48. The normalized spacial score (nSPS) is 10.9.